The molecule has 1 aliphatic rings. The first-order valence-electron chi connectivity index (χ1n) is 4.56. The second-order valence-corrected chi connectivity index (χ2v) is 4.61. The number of aryl methyl sites for hydroxylation is 1. The van der Waals surface area contributed by atoms with Crippen LogP contribution in [0.3, 0.4) is 0 Å². The van der Waals surface area contributed by atoms with Crippen LogP contribution in [-0.2, 0) is 5.60 Å². The first-order chi connectivity index (χ1) is 6.71. The molecule has 0 bridgehead atoms. The average molecular weight is 209 g/mol. The molecule has 3 rings (SSSR count). The normalized spacial score (nSPS) is 19.9. The molecule has 0 saturated carbocycles. The number of fused-ring (bicyclic) bond motifs is 1. The van der Waals surface area contributed by atoms with Crippen molar-refractivity contribution < 1.29 is 5.11 Å². The molecule has 0 aromatic carbocycles. The lowest BCUT2D eigenvalue weighted by Gasteiger charge is -2.37. The van der Waals surface area contributed by atoms with E-state index in [-0.39, 0.29) is 0 Å². The number of aliphatic hydroxyl groups is 1. The Kier molecular flexibility index (Phi) is 1.54. The molecule has 0 unspecified atom stereocenters. The lowest BCUT2D eigenvalue weighted by atomic mass is 9.92. The molecule has 1 fully saturated rings. The summed E-state index contributed by atoms with van der Waals surface area (Å²) >= 11 is 1.59. The van der Waals surface area contributed by atoms with Crippen molar-refractivity contribution >= 4 is 16.3 Å². The second kappa shape index (κ2) is 2.56. The topological polar surface area (TPSA) is 49.6 Å². The van der Waals surface area contributed by atoms with Crippen LogP contribution in [0.5, 0.6) is 0 Å². The molecule has 5 heteroatoms. The van der Waals surface area contributed by atoms with E-state index in [0.29, 0.717) is 13.1 Å². The summed E-state index contributed by atoms with van der Waals surface area (Å²) in [7, 11) is 0. The highest BCUT2D eigenvalue weighted by Gasteiger charge is 2.40. The van der Waals surface area contributed by atoms with Crippen molar-refractivity contribution in [2.75, 3.05) is 13.1 Å². The van der Waals surface area contributed by atoms with E-state index in [9.17, 15) is 5.11 Å². The number of aromatic nitrogens is 2. The molecule has 4 nitrogen and oxygen atoms in total. The molecule has 74 valence electrons. The van der Waals surface area contributed by atoms with Crippen molar-refractivity contribution in [2.45, 2.75) is 12.5 Å². The van der Waals surface area contributed by atoms with Crippen molar-refractivity contribution in [3.63, 3.8) is 0 Å². The molecule has 14 heavy (non-hydrogen) atoms. The van der Waals surface area contributed by atoms with Crippen LogP contribution in [-0.4, -0.2) is 27.6 Å². The fourth-order valence-corrected chi connectivity index (χ4v) is 2.74. The zero-order valence-corrected chi connectivity index (χ0v) is 8.64. The van der Waals surface area contributed by atoms with Crippen molar-refractivity contribution in [1.82, 2.24) is 14.7 Å². The predicted octanol–water partition coefficient (Wildman–Crippen LogP) is 0.495. The van der Waals surface area contributed by atoms with Gasteiger partial charge in [0.15, 0.2) is 4.96 Å². The minimum Gasteiger partial charge on any atom is -0.381 e. The van der Waals surface area contributed by atoms with E-state index in [1.54, 1.807) is 11.3 Å². The second-order valence-electron chi connectivity index (χ2n) is 3.74. The zero-order chi connectivity index (χ0) is 9.76. The predicted molar refractivity (Wildman–Crippen MR) is 54.6 cm³/mol. The Morgan fingerprint density at radius 3 is 3.07 bits per heavy atom. The number of β-amino-alcohol motifs (C(OH)–C–C–N with tert-alkyl or cyclic N) is 1. The van der Waals surface area contributed by atoms with Crippen LogP contribution in [0.25, 0.3) is 4.96 Å². The fraction of sp³-hybridized carbons (Fsp3) is 0.444. The lowest BCUT2D eigenvalue weighted by molar-refractivity contribution is -0.0198. The summed E-state index contributed by atoms with van der Waals surface area (Å²) in [6.45, 7) is 3.19. The summed E-state index contributed by atoms with van der Waals surface area (Å²) in [5.41, 5.74) is 1.15. The average Bonchev–Trinajstić information content (AvgIpc) is 2.59. The summed E-state index contributed by atoms with van der Waals surface area (Å²) in [6.07, 6.45) is 1.96. The van der Waals surface area contributed by atoms with Gasteiger partial charge in [0.2, 0.25) is 0 Å². The third kappa shape index (κ3) is 0.917. The van der Waals surface area contributed by atoms with Crippen molar-refractivity contribution in [2.24, 2.45) is 0 Å². The molecule has 2 aromatic heterocycles. The monoisotopic (exact) mass is 209 g/mol. The van der Waals surface area contributed by atoms with Gasteiger partial charge in [-0.05, 0) is 6.92 Å². The maximum absolute atomic E-state index is 10.2. The van der Waals surface area contributed by atoms with Crippen LogP contribution in [0.1, 0.15) is 11.4 Å². The quantitative estimate of drug-likeness (QED) is 0.719. The number of hydrogen-bond donors (Lipinski definition) is 2. The van der Waals surface area contributed by atoms with E-state index in [2.05, 4.69) is 10.3 Å². The van der Waals surface area contributed by atoms with Gasteiger partial charge in [0, 0.05) is 24.7 Å². The minimum absolute atomic E-state index is 0.622. The number of hydrogen-bond acceptors (Lipinski definition) is 4. The number of imidazole rings is 1. The van der Waals surface area contributed by atoms with Gasteiger partial charge < -0.3 is 10.4 Å². The Hall–Kier alpha value is -0.910. The summed E-state index contributed by atoms with van der Waals surface area (Å²) in [5, 5.41) is 15.3. The molecule has 0 spiro atoms. The van der Waals surface area contributed by atoms with E-state index in [0.717, 1.165) is 16.3 Å². The molecular formula is C9H11N3OS. The molecule has 0 aliphatic carbocycles. The van der Waals surface area contributed by atoms with Crippen LogP contribution >= 0.6 is 11.3 Å². The van der Waals surface area contributed by atoms with E-state index in [1.807, 2.05) is 22.9 Å². The fourth-order valence-electron chi connectivity index (χ4n) is 1.98. The smallest absolute Gasteiger partial charge is 0.194 e. The van der Waals surface area contributed by atoms with E-state index >= 15 is 0 Å². The molecule has 2 N–H and O–H groups in total. The van der Waals surface area contributed by atoms with Gasteiger partial charge in [-0.25, -0.2) is 4.98 Å². The highest BCUT2D eigenvalue weighted by Crippen LogP contribution is 2.30. The first-order valence-corrected chi connectivity index (χ1v) is 5.44. The van der Waals surface area contributed by atoms with Crippen molar-refractivity contribution in [3.8, 4) is 0 Å². The van der Waals surface area contributed by atoms with Gasteiger partial charge in [0.1, 0.15) is 5.60 Å². The number of nitrogens with one attached hydrogen (secondary N) is 1. The molecule has 2 aromatic rings. The number of rotatable bonds is 1. The maximum Gasteiger partial charge on any atom is 0.194 e. The molecule has 3 heterocycles. The van der Waals surface area contributed by atoms with E-state index in [4.69, 9.17) is 0 Å². The molecule has 0 radical (unpaired) electrons. The standard InChI is InChI=1S/C9H11N3OS/c1-6-7(9(13)4-10-5-9)12-2-3-14-8(12)11-6/h2-3,10,13H,4-5H2,1H3. The Morgan fingerprint density at radius 2 is 2.43 bits per heavy atom. The third-order valence-electron chi connectivity index (χ3n) is 2.71. The summed E-state index contributed by atoms with van der Waals surface area (Å²) in [5.74, 6) is 0. The minimum atomic E-state index is -0.718. The van der Waals surface area contributed by atoms with Gasteiger partial charge >= 0.3 is 0 Å². The summed E-state index contributed by atoms with van der Waals surface area (Å²) in [6, 6.07) is 0. The van der Waals surface area contributed by atoms with Gasteiger partial charge in [-0.3, -0.25) is 4.40 Å². The van der Waals surface area contributed by atoms with Gasteiger partial charge in [-0.1, -0.05) is 0 Å². The largest absolute Gasteiger partial charge is 0.381 e. The van der Waals surface area contributed by atoms with Crippen LogP contribution in [0.4, 0.5) is 0 Å². The SMILES string of the molecule is Cc1nc2sccn2c1C1(O)CNC1. The molecule has 1 aliphatic heterocycles. The molecule has 0 amide bonds. The van der Waals surface area contributed by atoms with Crippen molar-refractivity contribution in [3.05, 3.63) is 23.0 Å². The van der Waals surface area contributed by atoms with Crippen molar-refractivity contribution in [1.29, 1.82) is 0 Å². The Bertz CT molecular complexity index is 483. The first kappa shape index (κ1) is 8.40. The van der Waals surface area contributed by atoms with Crippen LogP contribution < -0.4 is 5.32 Å². The van der Waals surface area contributed by atoms with Gasteiger partial charge in [-0.15, -0.1) is 11.3 Å². The zero-order valence-electron chi connectivity index (χ0n) is 7.82. The highest BCUT2D eigenvalue weighted by atomic mass is 32.1. The lowest BCUT2D eigenvalue weighted by Crippen LogP contribution is -2.57. The third-order valence-corrected chi connectivity index (χ3v) is 3.47. The number of thiazole rings is 1. The Labute approximate surface area is 85.2 Å². The van der Waals surface area contributed by atoms with Crippen LogP contribution in [0, 0.1) is 6.92 Å². The Balaban J connectivity index is 2.27. The van der Waals surface area contributed by atoms with Gasteiger partial charge in [0.25, 0.3) is 0 Å². The molecule has 1 saturated heterocycles. The highest BCUT2D eigenvalue weighted by molar-refractivity contribution is 7.15. The Morgan fingerprint density at radius 1 is 1.64 bits per heavy atom. The van der Waals surface area contributed by atoms with Gasteiger partial charge in [0.05, 0.1) is 11.4 Å². The summed E-state index contributed by atoms with van der Waals surface area (Å²) in [4.78, 5) is 5.37. The van der Waals surface area contributed by atoms with E-state index < -0.39 is 5.60 Å². The van der Waals surface area contributed by atoms with E-state index in [1.165, 1.54) is 0 Å². The number of nitrogens with zero attached hydrogens (tertiary/aromatic N) is 2. The van der Waals surface area contributed by atoms with Crippen LogP contribution in [0.15, 0.2) is 11.6 Å². The van der Waals surface area contributed by atoms with Crippen LogP contribution in [0.2, 0.25) is 0 Å². The molecular weight excluding hydrogens is 198 g/mol. The molecule has 0 atom stereocenters. The van der Waals surface area contributed by atoms with Gasteiger partial charge in [-0.2, -0.15) is 0 Å². The summed E-state index contributed by atoms with van der Waals surface area (Å²) < 4.78 is 1.99. The maximum atomic E-state index is 10.2.